The summed E-state index contributed by atoms with van der Waals surface area (Å²) in [5, 5.41) is 4.37. The summed E-state index contributed by atoms with van der Waals surface area (Å²) in [4.78, 5) is 0. The average molecular weight is 372 g/mol. The Balaban J connectivity index is 1.85. The predicted molar refractivity (Wildman–Crippen MR) is 92.8 cm³/mol. The second-order valence-corrected chi connectivity index (χ2v) is 8.18. The predicted octanol–water partition coefficient (Wildman–Crippen LogP) is 5.35. The average Bonchev–Trinajstić information content (AvgIpc) is 3.07. The van der Waals surface area contributed by atoms with Crippen LogP contribution in [0.25, 0.3) is 0 Å². The van der Waals surface area contributed by atoms with E-state index in [9.17, 15) is 4.57 Å². The number of halogens is 2. The molecule has 0 amide bonds. The van der Waals surface area contributed by atoms with Crippen molar-refractivity contribution >= 4 is 30.8 Å². The Kier molecular flexibility index (Phi) is 5.17. The van der Waals surface area contributed by atoms with Crippen LogP contribution in [0.1, 0.15) is 12.8 Å². The molecular formula is C16H16Cl2NO3P. The van der Waals surface area contributed by atoms with Gasteiger partial charge in [-0.25, -0.2) is 4.57 Å². The van der Waals surface area contributed by atoms with E-state index in [4.69, 9.17) is 32.2 Å². The van der Waals surface area contributed by atoms with Crippen LogP contribution in [0.3, 0.4) is 0 Å². The largest absolute Gasteiger partial charge is 0.447 e. The Hall–Kier alpha value is -1.19. The summed E-state index contributed by atoms with van der Waals surface area (Å²) in [7, 11) is -3.44. The zero-order valence-corrected chi connectivity index (χ0v) is 14.7. The fourth-order valence-electron chi connectivity index (χ4n) is 2.37. The molecule has 1 heterocycles. The molecule has 0 saturated carbocycles. The van der Waals surface area contributed by atoms with Crippen LogP contribution >= 0.6 is 30.8 Å². The van der Waals surface area contributed by atoms with Crippen molar-refractivity contribution in [3.05, 3.63) is 58.6 Å². The van der Waals surface area contributed by atoms with Gasteiger partial charge in [0.2, 0.25) is 0 Å². The number of rotatable bonds is 5. The first kappa shape index (κ1) is 16.7. The lowest BCUT2D eigenvalue weighted by Crippen LogP contribution is -2.26. The smallest absolute Gasteiger partial charge is 0.415 e. The summed E-state index contributed by atoms with van der Waals surface area (Å²) in [6.07, 6.45) is 1.67. The third-order valence-electron chi connectivity index (χ3n) is 3.51. The maximum absolute atomic E-state index is 13.4. The van der Waals surface area contributed by atoms with Gasteiger partial charge in [-0.05, 0) is 67.9 Å². The van der Waals surface area contributed by atoms with Crippen molar-refractivity contribution in [1.82, 2.24) is 5.32 Å². The zero-order valence-electron chi connectivity index (χ0n) is 12.2. The third-order valence-corrected chi connectivity index (χ3v) is 6.15. The molecule has 0 radical (unpaired) electrons. The Morgan fingerprint density at radius 2 is 1.39 bits per heavy atom. The highest BCUT2D eigenvalue weighted by atomic mass is 35.5. The van der Waals surface area contributed by atoms with Gasteiger partial charge in [-0.2, -0.15) is 0 Å². The lowest BCUT2D eigenvalue weighted by atomic mass is 10.3. The molecule has 3 rings (SSSR count). The van der Waals surface area contributed by atoms with Gasteiger partial charge in [0.15, 0.2) is 0 Å². The molecule has 1 aliphatic rings. The highest BCUT2D eigenvalue weighted by Gasteiger charge is 2.41. The molecule has 2 aromatic rings. The van der Waals surface area contributed by atoms with Gasteiger partial charge in [-0.1, -0.05) is 23.2 Å². The topological polar surface area (TPSA) is 47.6 Å². The molecule has 0 spiro atoms. The summed E-state index contributed by atoms with van der Waals surface area (Å²) in [6, 6.07) is 13.4. The van der Waals surface area contributed by atoms with E-state index in [1.165, 1.54) is 0 Å². The van der Waals surface area contributed by atoms with E-state index in [1.54, 1.807) is 48.5 Å². The van der Waals surface area contributed by atoms with Gasteiger partial charge in [-0.15, -0.1) is 0 Å². The number of benzene rings is 2. The van der Waals surface area contributed by atoms with E-state index in [0.29, 0.717) is 21.5 Å². The van der Waals surface area contributed by atoms with Crippen molar-refractivity contribution in [2.24, 2.45) is 0 Å². The first-order chi connectivity index (χ1) is 11.0. The molecule has 122 valence electrons. The Morgan fingerprint density at radius 1 is 0.913 bits per heavy atom. The molecule has 1 N–H and O–H groups in total. The molecule has 7 heteroatoms. The summed E-state index contributed by atoms with van der Waals surface area (Å²) < 4.78 is 24.9. The number of nitrogens with one attached hydrogen (secondary N) is 1. The van der Waals surface area contributed by atoms with Crippen molar-refractivity contribution in [2.45, 2.75) is 18.6 Å². The van der Waals surface area contributed by atoms with E-state index < -0.39 is 7.60 Å². The van der Waals surface area contributed by atoms with Crippen LogP contribution in [0.15, 0.2) is 48.5 Å². The molecule has 4 nitrogen and oxygen atoms in total. The van der Waals surface area contributed by atoms with Crippen molar-refractivity contribution in [3.63, 3.8) is 0 Å². The lowest BCUT2D eigenvalue weighted by molar-refractivity contribution is 0.366. The Bertz CT molecular complexity index is 649. The second kappa shape index (κ2) is 7.14. The molecule has 0 aliphatic carbocycles. The minimum atomic E-state index is -3.44. The van der Waals surface area contributed by atoms with Crippen molar-refractivity contribution in [3.8, 4) is 11.5 Å². The Labute approximate surface area is 145 Å². The van der Waals surface area contributed by atoms with Gasteiger partial charge in [0.25, 0.3) is 0 Å². The molecule has 0 aromatic heterocycles. The van der Waals surface area contributed by atoms with E-state index in [1.807, 2.05) is 0 Å². The summed E-state index contributed by atoms with van der Waals surface area (Å²) >= 11 is 11.7. The summed E-state index contributed by atoms with van der Waals surface area (Å²) in [5.74, 6) is 0.578. The van der Waals surface area contributed by atoms with E-state index in [-0.39, 0.29) is 5.78 Å². The first-order valence-corrected chi connectivity index (χ1v) is 9.65. The molecule has 23 heavy (non-hydrogen) atoms. The van der Waals surface area contributed by atoms with Crippen LogP contribution in [-0.2, 0) is 4.57 Å². The third kappa shape index (κ3) is 4.21. The maximum atomic E-state index is 13.4. The zero-order chi connectivity index (χ0) is 16.3. The number of hydrogen-bond donors (Lipinski definition) is 1. The molecule has 1 atom stereocenters. The quantitative estimate of drug-likeness (QED) is 0.719. The van der Waals surface area contributed by atoms with Crippen molar-refractivity contribution < 1.29 is 13.6 Å². The van der Waals surface area contributed by atoms with E-state index in [2.05, 4.69) is 5.32 Å². The fourth-order valence-corrected chi connectivity index (χ4v) is 4.59. The summed E-state index contributed by atoms with van der Waals surface area (Å²) in [5.41, 5.74) is 0. The lowest BCUT2D eigenvalue weighted by Gasteiger charge is -2.25. The van der Waals surface area contributed by atoms with Crippen LogP contribution < -0.4 is 14.4 Å². The molecule has 2 aromatic carbocycles. The molecule has 1 unspecified atom stereocenters. The van der Waals surface area contributed by atoms with Gasteiger partial charge >= 0.3 is 7.60 Å². The normalized spacial score (nSPS) is 17.9. The molecule has 1 fully saturated rings. The van der Waals surface area contributed by atoms with Crippen LogP contribution in [0, 0.1) is 0 Å². The van der Waals surface area contributed by atoms with Gasteiger partial charge in [0, 0.05) is 10.0 Å². The van der Waals surface area contributed by atoms with Crippen molar-refractivity contribution in [1.29, 1.82) is 0 Å². The van der Waals surface area contributed by atoms with Gasteiger partial charge in [0.05, 0.1) is 0 Å². The van der Waals surface area contributed by atoms with Gasteiger partial charge in [-0.3, -0.25) is 0 Å². The van der Waals surface area contributed by atoms with Crippen LogP contribution in [0.2, 0.25) is 10.0 Å². The number of hydrogen-bond acceptors (Lipinski definition) is 4. The molecular weight excluding hydrogens is 356 g/mol. The van der Waals surface area contributed by atoms with Crippen molar-refractivity contribution in [2.75, 3.05) is 6.54 Å². The van der Waals surface area contributed by atoms with E-state index in [0.717, 1.165) is 19.4 Å². The van der Waals surface area contributed by atoms with Gasteiger partial charge < -0.3 is 14.4 Å². The fraction of sp³-hybridized carbons (Fsp3) is 0.250. The molecule has 1 aliphatic heterocycles. The SMILES string of the molecule is O=P(Oc1ccc(Cl)cc1)(Oc1ccc(Cl)cc1)C1CCCN1. The maximum Gasteiger partial charge on any atom is 0.447 e. The highest BCUT2D eigenvalue weighted by Crippen LogP contribution is 2.54. The van der Waals surface area contributed by atoms with Gasteiger partial charge in [0.1, 0.15) is 17.3 Å². The molecule has 0 bridgehead atoms. The Morgan fingerprint density at radius 3 is 1.78 bits per heavy atom. The second-order valence-electron chi connectivity index (χ2n) is 5.24. The first-order valence-electron chi connectivity index (χ1n) is 7.29. The van der Waals surface area contributed by atoms with Crippen LogP contribution in [0.4, 0.5) is 0 Å². The monoisotopic (exact) mass is 371 g/mol. The highest BCUT2D eigenvalue weighted by molar-refractivity contribution is 7.55. The molecule has 1 saturated heterocycles. The minimum Gasteiger partial charge on any atom is -0.415 e. The standard InChI is InChI=1S/C16H16Cl2NO3P/c17-12-3-7-14(8-4-12)21-23(20,16-2-1-11-19-16)22-15-9-5-13(18)6-10-15/h3-10,16,19H,1-2,11H2. The van der Waals surface area contributed by atoms with Crippen LogP contribution in [-0.4, -0.2) is 12.3 Å². The van der Waals surface area contributed by atoms with E-state index >= 15 is 0 Å². The summed E-state index contributed by atoms with van der Waals surface area (Å²) in [6.45, 7) is 0.794. The minimum absolute atomic E-state index is 0.339. The van der Waals surface area contributed by atoms with Crippen LogP contribution in [0.5, 0.6) is 11.5 Å².